The van der Waals surface area contributed by atoms with Crippen molar-refractivity contribution in [3.63, 3.8) is 0 Å². The van der Waals surface area contributed by atoms with Crippen LogP contribution in [0.2, 0.25) is 0 Å². The van der Waals surface area contributed by atoms with Gasteiger partial charge in [-0.25, -0.2) is 0 Å². The normalized spacial score (nSPS) is 10.5. The monoisotopic (exact) mass is 354 g/mol. The highest BCUT2D eigenvalue weighted by Crippen LogP contribution is 2.17. The molecule has 0 aromatic heterocycles. The van der Waals surface area contributed by atoms with Crippen LogP contribution in [0.5, 0.6) is 5.75 Å². The maximum Gasteiger partial charge on any atom is 0.312 e. The zero-order chi connectivity index (χ0) is 18.9. The van der Waals surface area contributed by atoms with Crippen LogP contribution in [0.4, 0.5) is 0 Å². The smallest absolute Gasteiger partial charge is 0.312 e. The van der Waals surface area contributed by atoms with E-state index in [9.17, 15) is 9.59 Å². The number of para-hydroxylation sites is 1. The Morgan fingerprint density at radius 3 is 2.35 bits per heavy atom. The molecule has 0 fully saturated rings. The van der Waals surface area contributed by atoms with Crippen LogP contribution in [0.1, 0.15) is 25.0 Å². The summed E-state index contributed by atoms with van der Waals surface area (Å²) in [4.78, 5) is 26.4. The number of ether oxygens (including phenoxy) is 1. The molecule has 0 spiro atoms. The van der Waals surface area contributed by atoms with Gasteiger partial charge in [0.1, 0.15) is 5.75 Å². The summed E-state index contributed by atoms with van der Waals surface area (Å²) < 4.78 is 5.30. The van der Waals surface area contributed by atoms with Crippen LogP contribution in [-0.4, -0.2) is 36.4 Å². The lowest BCUT2D eigenvalue weighted by atomic mass is 10.1. The molecular weight excluding hydrogens is 328 g/mol. The van der Waals surface area contributed by atoms with Crippen LogP contribution in [0.25, 0.3) is 0 Å². The van der Waals surface area contributed by atoms with E-state index >= 15 is 0 Å². The molecule has 0 saturated heterocycles. The minimum Gasteiger partial charge on any atom is -0.496 e. The average molecular weight is 354 g/mol. The Morgan fingerprint density at radius 1 is 1.04 bits per heavy atom. The second-order valence-electron chi connectivity index (χ2n) is 6.33. The number of nitrogens with one attached hydrogen (secondary N) is 1. The van der Waals surface area contributed by atoms with Crippen LogP contribution >= 0.6 is 0 Å². The molecule has 0 heterocycles. The summed E-state index contributed by atoms with van der Waals surface area (Å²) in [6.07, 6.45) is 0.601. The second kappa shape index (κ2) is 9.61. The third-order valence-corrected chi connectivity index (χ3v) is 4.15. The predicted molar refractivity (Wildman–Crippen MR) is 102 cm³/mol. The minimum atomic E-state index is -0.579. The first-order valence-electron chi connectivity index (χ1n) is 8.77. The summed E-state index contributed by atoms with van der Waals surface area (Å²) in [7, 11) is 1.62. The van der Waals surface area contributed by atoms with Crippen molar-refractivity contribution in [3.8, 4) is 5.75 Å². The van der Waals surface area contributed by atoms with E-state index in [1.165, 1.54) is 0 Å². The number of hydrogen-bond donors (Lipinski definition) is 1. The number of benzene rings is 2. The molecular formula is C21H26N2O3. The second-order valence-corrected chi connectivity index (χ2v) is 6.33. The Kier molecular flexibility index (Phi) is 7.21. The van der Waals surface area contributed by atoms with E-state index in [-0.39, 0.29) is 6.04 Å². The van der Waals surface area contributed by atoms with Crippen molar-refractivity contribution in [2.24, 2.45) is 0 Å². The van der Waals surface area contributed by atoms with E-state index in [4.69, 9.17) is 4.74 Å². The van der Waals surface area contributed by atoms with Gasteiger partial charge in [0, 0.05) is 19.1 Å². The molecule has 2 aromatic rings. The van der Waals surface area contributed by atoms with Gasteiger partial charge < -0.3 is 15.0 Å². The van der Waals surface area contributed by atoms with Crippen LogP contribution in [0.15, 0.2) is 54.6 Å². The van der Waals surface area contributed by atoms with Gasteiger partial charge in [-0.15, -0.1) is 0 Å². The molecule has 0 aliphatic carbocycles. The van der Waals surface area contributed by atoms with E-state index in [2.05, 4.69) is 5.32 Å². The van der Waals surface area contributed by atoms with Gasteiger partial charge in [0.05, 0.1) is 7.11 Å². The van der Waals surface area contributed by atoms with E-state index in [1.54, 1.807) is 12.0 Å². The first-order chi connectivity index (χ1) is 12.5. The summed E-state index contributed by atoms with van der Waals surface area (Å²) in [5.74, 6) is -0.311. The van der Waals surface area contributed by atoms with Gasteiger partial charge in [0.15, 0.2) is 0 Å². The lowest BCUT2D eigenvalue weighted by molar-refractivity contribution is -0.147. The Morgan fingerprint density at radius 2 is 1.69 bits per heavy atom. The molecule has 5 nitrogen and oxygen atoms in total. The first-order valence-corrected chi connectivity index (χ1v) is 8.77. The third kappa shape index (κ3) is 5.34. The van der Waals surface area contributed by atoms with Crippen molar-refractivity contribution < 1.29 is 14.3 Å². The van der Waals surface area contributed by atoms with Gasteiger partial charge in [-0.1, -0.05) is 48.5 Å². The minimum absolute atomic E-state index is 0.0670. The summed E-state index contributed by atoms with van der Waals surface area (Å²) in [5.41, 5.74) is 1.99. The molecule has 2 aromatic carbocycles. The van der Waals surface area contributed by atoms with E-state index in [0.717, 1.165) is 16.9 Å². The maximum absolute atomic E-state index is 12.5. The van der Waals surface area contributed by atoms with Gasteiger partial charge in [0.25, 0.3) is 0 Å². The fourth-order valence-corrected chi connectivity index (χ4v) is 2.70. The number of hydrogen-bond acceptors (Lipinski definition) is 3. The zero-order valence-electron chi connectivity index (χ0n) is 15.6. The number of nitrogens with zero attached hydrogens (tertiary/aromatic N) is 1. The van der Waals surface area contributed by atoms with Crippen molar-refractivity contribution in [1.82, 2.24) is 10.2 Å². The number of carbonyl (C=O) groups is 2. The van der Waals surface area contributed by atoms with Crippen molar-refractivity contribution in [2.75, 3.05) is 13.7 Å². The largest absolute Gasteiger partial charge is 0.496 e. The predicted octanol–water partition coefficient (Wildman–Crippen LogP) is 2.79. The Balaban J connectivity index is 1.93. The molecule has 138 valence electrons. The molecule has 0 aliphatic rings. The highest BCUT2D eigenvalue weighted by Gasteiger charge is 2.24. The summed E-state index contributed by atoms with van der Waals surface area (Å²) >= 11 is 0. The fourth-order valence-electron chi connectivity index (χ4n) is 2.70. The van der Waals surface area contributed by atoms with Crippen LogP contribution in [0, 0.1) is 0 Å². The van der Waals surface area contributed by atoms with Crippen molar-refractivity contribution in [3.05, 3.63) is 65.7 Å². The van der Waals surface area contributed by atoms with Crippen molar-refractivity contribution in [1.29, 1.82) is 0 Å². The number of carbonyl (C=O) groups excluding carboxylic acids is 2. The molecule has 0 unspecified atom stereocenters. The quantitative estimate of drug-likeness (QED) is 0.778. The molecule has 2 amide bonds. The van der Waals surface area contributed by atoms with Gasteiger partial charge in [0.2, 0.25) is 0 Å². The SMILES string of the molecule is COc1ccccc1CCNC(=O)C(=O)N(Cc1ccccc1)C(C)C. The van der Waals surface area contributed by atoms with Crippen molar-refractivity contribution in [2.45, 2.75) is 32.9 Å². The lowest BCUT2D eigenvalue weighted by Crippen LogP contribution is -2.46. The number of methoxy groups -OCH3 is 1. The molecule has 0 radical (unpaired) electrons. The standard InChI is InChI=1S/C21H26N2O3/c1-16(2)23(15-17-9-5-4-6-10-17)21(25)20(24)22-14-13-18-11-7-8-12-19(18)26-3/h4-12,16H,13-15H2,1-3H3,(H,22,24). The Hall–Kier alpha value is -2.82. The highest BCUT2D eigenvalue weighted by atomic mass is 16.5. The molecule has 0 atom stereocenters. The molecule has 2 rings (SSSR count). The van der Waals surface area contributed by atoms with E-state index < -0.39 is 11.8 Å². The van der Waals surface area contributed by atoms with Gasteiger partial charge in [-0.2, -0.15) is 0 Å². The Labute approximate surface area is 155 Å². The lowest BCUT2D eigenvalue weighted by Gasteiger charge is -2.26. The third-order valence-electron chi connectivity index (χ3n) is 4.15. The summed E-state index contributed by atoms with van der Waals surface area (Å²) in [5, 5.41) is 2.72. The summed E-state index contributed by atoms with van der Waals surface area (Å²) in [6, 6.07) is 17.2. The molecule has 1 N–H and O–H groups in total. The van der Waals surface area contributed by atoms with Crippen LogP contribution < -0.4 is 10.1 Å². The highest BCUT2D eigenvalue weighted by molar-refractivity contribution is 6.35. The van der Waals surface area contributed by atoms with Crippen LogP contribution in [-0.2, 0) is 22.6 Å². The average Bonchev–Trinajstić information content (AvgIpc) is 2.66. The van der Waals surface area contributed by atoms with Gasteiger partial charge in [-0.05, 0) is 37.5 Å². The van der Waals surface area contributed by atoms with Gasteiger partial charge >= 0.3 is 11.8 Å². The molecule has 0 aliphatic heterocycles. The Bertz CT molecular complexity index is 729. The molecule has 0 bridgehead atoms. The maximum atomic E-state index is 12.5. The number of rotatable bonds is 7. The fraction of sp³-hybridized carbons (Fsp3) is 0.333. The van der Waals surface area contributed by atoms with Gasteiger partial charge in [-0.3, -0.25) is 9.59 Å². The molecule has 5 heteroatoms. The number of amides is 2. The summed E-state index contributed by atoms with van der Waals surface area (Å²) in [6.45, 7) is 4.60. The topological polar surface area (TPSA) is 58.6 Å². The van der Waals surface area contributed by atoms with Crippen molar-refractivity contribution >= 4 is 11.8 Å². The van der Waals surface area contributed by atoms with E-state index in [1.807, 2.05) is 68.4 Å². The first kappa shape index (κ1) is 19.5. The molecule has 0 saturated carbocycles. The van der Waals surface area contributed by atoms with E-state index in [0.29, 0.717) is 19.5 Å². The van der Waals surface area contributed by atoms with Crippen LogP contribution in [0.3, 0.4) is 0 Å². The zero-order valence-corrected chi connectivity index (χ0v) is 15.6. The molecule has 26 heavy (non-hydrogen) atoms.